The summed E-state index contributed by atoms with van der Waals surface area (Å²) in [5.74, 6) is 1.89. The molecule has 2 aliphatic rings. The number of nitrogens with one attached hydrogen (secondary N) is 2. The molecule has 8 heteroatoms. The van der Waals surface area contributed by atoms with Gasteiger partial charge in [-0.2, -0.15) is 4.57 Å². The lowest BCUT2D eigenvalue weighted by Gasteiger charge is -2.13. The minimum Gasteiger partial charge on any atom is -0.356 e. The zero-order valence-corrected chi connectivity index (χ0v) is 21.1. The Morgan fingerprint density at radius 1 is 1.18 bits per heavy atom. The van der Waals surface area contributed by atoms with Crippen LogP contribution in [-0.4, -0.2) is 43.4 Å². The highest BCUT2D eigenvalue weighted by Crippen LogP contribution is 2.45. The van der Waals surface area contributed by atoms with Gasteiger partial charge in [0.25, 0.3) is 0 Å². The Labute approximate surface area is 209 Å². The van der Waals surface area contributed by atoms with Crippen LogP contribution in [0.2, 0.25) is 0 Å². The Kier molecular flexibility index (Phi) is 7.06. The van der Waals surface area contributed by atoms with Gasteiger partial charge in [-0.3, -0.25) is 4.99 Å². The largest absolute Gasteiger partial charge is 0.365 e. The zero-order chi connectivity index (χ0) is 23.3. The van der Waals surface area contributed by atoms with Gasteiger partial charge in [-0.15, -0.1) is 0 Å². The number of fused-ring (bicyclic) bond motifs is 1. The molecular weight excluding hydrogens is 460 g/mol. The predicted molar refractivity (Wildman–Crippen MR) is 143 cm³/mol. The summed E-state index contributed by atoms with van der Waals surface area (Å²) in [7, 11) is 2.12. The third-order valence-corrected chi connectivity index (χ3v) is 7.89. The minimum absolute atomic E-state index is 0.859. The fraction of sp³-hybridized carbons (Fsp3) is 0.269. The molecule has 5 rings (SSSR count). The van der Waals surface area contributed by atoms with Crippen LogP contribution >= 0.6 is 23.5 Å². The molecule has 0 atom stereocenters. The average Bonchev–Trinajstić information content (AvgIpc) is 3.48. The maximum absolute atomic E-state index is 5.10. The number of para-hydroxylation sites is 2. The van der Waals surface area contributed by atoms with Crippen LogP contribution in [0.5, 0.6) is 0 Å². The summed E-state index contributed by atoms with van der Waals surface area (Å²) in [4.78, 5) is 13.0. The molecule has 1 aromatic heterocycles. The molecule has 2 aromatic carbocycles. The van der Waals surface area contributed by atoms with Gasteiger partial charge in [-0.1, -0.05) is 42.1 Å². The molecule has 0 spiro atoms. The van der Waals surface area contributed by atoms with Crippen molar-refractivity contribution in [1.29, 1.82) is 0 Å². The molecule has 0 aliphatic carbocycles. The number of aliphatic imine (C=N–C) groups is 1. The molecule has 2 N–H and O–H groups in total. The van der Waals surface area contributed by atoms with Crippen LogP contribution in [0.4, 0.5) is 5.69 Å². The number of nitrogens with zero attached hydrogens (tertiary/aromatic N) is 4. The Morgan fingerprint density at radius 3 is 2.79 bits per heavy atom. The quantitative estimate of drug-likeness (QED) is 0.224. The van der Waals surface area contributed by atoms with E-state index in [1.165, 1.54) is 21.3 Å². The monoisotopic (exact) mass is 489 g/mol. The summed E-state index contributed by atoms with van der Waals surface area (Å²) >= 11 is 3.60. The van der Waals surface area contributed by atoms with Crippen molar-refractivity contribution in [2.24, 2.45) is 4.99 Å². The van der Waals surface area contributed by atoms with E-state index in [2.05, 4.69) is 106 Å². The van der Waals surface area contributed by atoms with E-state index in [9.17, 15) is 0 Å². The van der Waals surface area contributed by atoms with E-state index in [4.69, 9.17) is 4.98 Å². The number of rotatable bonds is 7. The fourth-order valence-electron chi connectivity index (χ4n) is 4.02. The third kappa shape index (κ3) is 5.08. The van der Waals surface area contributed by atoms with Crippen molar-refractivity contribution in [2.75, 3.05) is 37.3 Å². The van der Waals surface area contributed by atoms with E-state index in [0.29, 0.717) is 0 Å². The van der Waals surface area contributed by atoms with Crippen LogP contribution in [0, 0.1) is 6.92 Å². The topological polar surface area (TPSA) is 56.4 Å². The summed E-state index contributed by atoms with van der Waals surface area (Å²) in [6.07, 6.45) is 3.22. The first-order valence-electron chi connectivity index (χ1n) is 11.6. The molecule has 3 aromatic rings. The maximum Gasteiger partial charge on any atom is 0.365 e. The molecule has 34 heavy (non-hydrogen) atoms. The van der Waals surface area contributed by atoms with Crippen LogP contribution in [0.1, 0.15) is 17.8 Å². The summed E-state index contributed by atoms with van der Waals surface area (Å²) < 4.78 is 2.25. The van der Waals surface area contributed by atoms with Crippen molar-refractivity contribution in [1.82, 2.24) is 15.6 Å². The molecule has 0 saturated heterocycles. The van der Waals surface area contributed by atoms with Crippen molar-refractivity contribution in [3.05, 3.63) is 77.1 Å². The number of hydrogen-bond donors (Lipinski definition) is 2. The molecule has 2 aliphatic heterocycles. The summed E-state index contributed by atoms with van der Waals surface area (Å²) in [6.45, 7) is 4.84. The van der Waals surface area contributed by atoms with Crippen LogP contribution in [0.15, 0.2) is 80.7 Å². The summed E-state index contributed by atoms with van der Waals surface area (Å²) in [5.41, 5.74) is 4.53. The summed E-state index contributed by atoms with van der Waals surface area (Å²) in [5, 5.41) is 8.84. The lowest BCUT2D eigenvalue weighted by molar-refractivity contribution is -0.647. The Hall–Kier alpha value is -2.97. The molecule has 6 nitrogen and oxygen atoms in total. The highest BCUT2D eigenvalue weighted by molar-refractivity contribution is 8.03. The molecule has 0 fully saturated rings. The van der Waals surface area contributed by atoms with E-state index < -0.39 is 0 Å². The first-order chi connectivity index (χ1) is 16.7. The van der Waals surface area contributed by atoms with Crippen molar-refractivity contribution < 1.29 is 4.57 Å². The van der Waals surface area contributed by atoms with Crippen molar-refractivity contribution >= 4 is 41.2 Å². The second-order valence-corrected chi connectivity index (χ2v) is 10.3. The molecule has 0 bridgehead atoms. The fourth-order valence-corrected chi connectivity index (χ4v) is 6.13. The standard InChI is InChI=1S/C26H29N6S2/c1-19-17-20(18-24-31(2)22-11-6-7-12-23(22)34-24)30-26(32(19)21-9-4-3-5-10-21)33-16-8-13-27-25-28-14-15-29-25/h3-7,9-12,17-18H,8,13-16H2,1-2H3,(H2,27,28,29)/q+1. The Balaban J connectivity index is 1.37. The van der Waals surface area contributed by atoms with Gasteiger partial charge in [0.05, 0.1) is 17.3 Å². The number of guanidine groups is 1. The van der Waals surface area contributed by atoms with Crippen LogP contribution in [-0.2, 0) is 0 Å². The minimum atomic E-state index is 0.859. The normalized spacial score (nSPS) is 15.9. The van der Waals surface area contributed by atoms with E-state index in [1.54, 1.807) is 23.5 Å². The van der Waals surface area contributed by atoms with Gasteiger partial charge in [0, 0.05) is 42.9 Å². The number of aryl methyl sites for hydroxylation is 1. The summed E-state index contributed by atoms with van der Waals surface area (Å²) in [6, 6.07) is 21.2. The molecule has 174 valence electrons. The average molecular weight is 490 g/mol. The van der Waals surface area contributed by atoms with Crippen LogP contribution in [0.25, 0.3) is 11.8 Å². The SMILES string of the molecule is Cc1cc(/C=C2\Sc3ccccc3N2C)nc(SCCCNC2=NCCN2)[n+]1-c1ccccc1. The van der Waals surface area contributed by atoms with Crippen molar-refractivity contribution in [2.45, 2.75) is 23.4 Å². The number of aromatic nitrogens is 2. The highest BCUT2D eigenvalue weighted by atomic mass is 32.2. The van der Waals surface area contributed by atoms with Gasteiger partial charge in [-0.25, -0.2) is 0 Å². The van der Waals surface area contributed by atoms with Crippen molar-refractivity contribution in [3.8, 4) is 5.69 Å². The first kappa shape index (κ1) is 22.8. The van der Waals surface area contributed by atoms with Crippen LogP contribution in [0.3, 0.4) is 0 Å². The lowest BCUT2D eigenvalue weighted by Crippen LogP contribution is -2.38. The zero-order valence-electron chi connectivity index (χ0n) is 19.5. The number of benzene rings is 2. The molecule has 0 amide bonds. The smallest absolute Gasteiger partial charge is 0.356 e. The van der Waals surface area contributed by atoms with E-state index >= 15 is 0 Å². The van der Waals surface area contributed by atoms with Gasteiger partial charge in [-0.05, 0) is 54.4 Å². The number of hydrogen-bond acceptors (Lipinski definition) is 7. The predicted octanol–water partition coefficient (Wildman–Crippen LogP) is 4.24. The Morgan fingerprint density at radius 2 is 2.00 bits per heavy atom. The van der Waals surface area contributed by atoms with E-state index in [-0.39, 0.29) is 0 Å². The van der Waals surface area contributed by atoms with Gasteiger partial charge < -0.3 is 15.5 Å². The highest BCUT2D eigenvalue weighted by Gasteiger charge is 2.24. The van der Waals surface area contributed by atoms with Gasteiger partial charge in [0.2, 0.25) is 0 Å². The molecular formula is C26H29N6S2+. The van der Waals surface area contributed by atoms with Gasteiger partial charge >= 0.3 is 5.16 Å². The lowest BCUT2D eigenvalue weighted by atomic mass is 10.2. The first-order valence-corrected chi connectivity index (χ1v) is 13.4. The number of thioether (sulfide) groups is 2. The molecule has 3 heterocycles. The third-order valence-electron chi connectivity index (χ3n) is 5.70. The van der Waals surface area contributed by atoms with E-state index in [1.807, 2.05) is 0 Å². The number of anilines is 1. The molecule has 0 radical (unpaired) electrons. The van der Waals surface area contributed by atoms with Gasteiger partial charge in [0.1, 0.15) is 11.4 Å². The maximum atomic E-state index is 5.10. The molecule has 0 saturated carbocycles. The Bertz CT molecular complexity index is 1230. The molecule has 0 unspecified atom stereocenters. The second kappa shape index (κ2) is 10.5. The van der Waals surface area contributed by atoms with Gasteiger partial charge in [0.15, 0.2) is 11.7 Å². The van der Waals surface area contributed by atoms with Crippen LogP contribution < -0.4 is 20.1 Å². The second-order valence-electron chi connectivity index (χ2n) is 8.17. The van der Waals surface area contributed by atoms with Crippen molar-refractivity contribution in [3.63, 3.8) is 0 Å². The van der Waals surface area contributed by atoms with E-state index in [0.717, 1.165) is 54.3 Å².